The smallest absolute Gasteiger partial charge is 0.160 e. The Morgan fingerprint density at radius 3 is 2.50 bits per heavy atom. The minimum absolute atomic E-state index is 0.291. The largest absolute Gasteiger partial charge is 0.484 e. The summed E-state index contributed by atoms with van der Waals surface area (Å²) in [5, 5.41) is 0.790. The molecule has 72 valence electrons. The second-order valence-corrected chi connectivity index (χ2v) is 3.62. The van der Waals surface area contributed by atoms with Gasteiger partial charge in [-0.25, -0.2) is 0 Å². The van der Waals surface area contributed by atoms with Crippen molar-refractivity contribution in [1.29, 1.82) is 0 Å². The maximum atomic E-state index is 5.48. The van der Waals surface area contributed by atoms with E-state index >= 15 is 0 Å². The van der Waals surface area contributed by atoms with Crippen LogP contribution in [0.25, 0.3) is 0 Å². The number of rotatable bonds is 6. The van der Waals surface area contributed by atoms with Crippen LogP contribution in [0.4, 0.5) is 0 Å². The van der Waals surface area contributed by atoms with Crippen molar-refractivity contribution in [2.45, 2.75) is 59.0 Å². The molecule has 1 nitrogen and oxygen atoms in total. The Hall–Kier alpha value is -0.110. The summed E-state index contributed by atoms with van der Waals surface area (Å²) in [4.78, 5) is 0. The van der Waals surface area contributed by atoms with E-state index in [0.717, 1.165) is 17.9 Å². The average molecular weight is 188 g/mol. The molecule has 0 aromatic carbocycles. The highest BCUT2D eigenvalue weighted by atomic mass is 32.1. The Balaban J connectivity index is 3.33. The monoisotopic (exact) mass is 188 g/mol. The number of thiocarbonyl (C=S) groups is 1. The van der Waals surface area contributed by atoms with Crippen LogP contribution >= 0.6 is 12.2 Å². The summed E-state index contributed by atoms with van der Waals surface area (Å²) >= 11 is 5.09. The summed E-state index contributed by atoms with van der Waals surface area (Å²) in [5.74, 6) is 0. The molecule has 0 spiro atoms. The first kappa shape index (κ1) is 11.9. The Morgan fingerprint density at radius 1 is 1.33 bits per heavy atom. The summed E-state index contributed by atoms with van der Waals surface area (Å²) in [5.41, 5.74) is 0. The molecule has 0 aliphatic carbocycles. The Kier molecular flexibility index (Phi) is 7.47. The third-order valence-corrected chi connectivity index (χ3v) is 2.19. The second kappa shape index (κ2) is 7.53. The van der Waals surface area contributed by atoms with Crippen LogP contribution in [0.3, 0.4) is 0 Å². The van der Waals surface area contributed by atoms with Crippen LogP contribution in [0, 0.1) is 0 Å². The van der Waals surface area contributed by atoms with Crippen LogP contribution in [0.1, 0.15) is 52.9 Å². The van der Waals surface area contributed by atoms with E-state index in [2.05, 4.69) is 20.8 Å². The molecule has 12 heavy (non-hydrogen) atoms. The van der Waals surface area contributed by atoms with Crippen molar-refractivity contribution in [2.24, 2.45) is 0 Å². The van der Waals surface area contributed by atoms with E-state index < -0.39 is 0 Å². The quantitative estimate of drug-likeness (QED) is 0.464. The first-order valence-corrected chi connectivity index (χ1v) is 5.31. The van der Waals surface area contributed by atoms with Gasteiger partial charge in [0.15, 0.2) is 5.05 Å². The maximum Gasteiger partial charge on any atom is 0.160 e. The molecule has 0 aliphatic rings. The van der Waals surface area contributed by atoms with Crippen LogP contribution in [0.15, 0.2) is 0 Å². The van der Waals surface area contributed by atoms with Gasteiger partial charge in [0.05, 0.1) is 6.10 Å². The number of unbranched alkanes of at least 4 members (excludes halogenated alkanes) is 2. The molecule has 0 aliphatic heterocycles. The van der Waals surface area contributed by atoms with Gasteiger partial charge < -0.3 is 4.74 Å². The summed E-state index contributed by atoms with van der Waals surface area (Å²) in [6.07, 6.45) is 5.95. The van der Waals surface area contributed by atoms with E-state index in [1.54, 1.807) is 0 Å². The lowest BCUT2D eigenvalue weighted by molar-refractivity contribution is 0.203. The molecule has 0 fully saturated rings. The zero-order valence-electron chi connectivity index (χ0n) is 8.43. The molecule has 0 amide bonds. The van der Waals surface area contributed by atoms with Gasteiger partial charge >= 0.3 is 0 Å². The summed E-state index contributed by atoms with van der Waals surface area (Å²) < 4.78 is 5.48. The number of hydrogen-bond acceptors (Lipinski definition) is 2. The van der Waals surface area contributed by atoms with E-state index in [1.807, 2.05) is 0 Å². The Labute approximate surface area is 81.5 Å². The van der Waals surface area contributed by atoms with Crippen molar-refractivity contribution in [2.75, 3.05) is 0 Å². The predicted molar refractivity (Wildman–Crippen MR) is 57.6 cm³/mol. The van der Waals surface area contributed by atoms with Crippen LogP contribution in [0.2, 0.25) is 0 Å². The van der Waals surface area contributed by atoms with E-state index in [4.69, 9.17) is 17.0 Å². The lowest BCUT2D eigenvalue weighted by Gasteiger charge is -2.12. The van der Waals surface area contributed by atoms with Gasteiger partial charge in [-0.2, -0.15) is 0 Å². The third kappa shape index (κ3) is 6.59. The van der Waals surface area contributed by atoms with Gasteiger partial charge in [0.25, 0.3) is 0 Å². The second-order valence-electron chi connectivity index (χ2n) is 3.17. The van der Waals surface area contributed by atoms with E-state index in [9.17, 15) is 0 Å². The van der Waals surface area contributed by atoms with Crippen LogP contribution in [-0.4, -0.2) is 11.2 Å². The summed E-state index contributed by atoms with van der Waals surface area (Å²) in [7, 11) is 0. The normalized spacial score (nSPS) is 12.6. The predicted octanol–water partition coefficient (Wildman–Crippen LogP) is 3.71. The van der Waals surface area contributed by atoms with Crippen molar-refractivity contribution in [1.82, 2.24) is 0 Å². The molecule has 0 aromatic rings. The SMILES string of the molecule is CCCCCC(=S)OC(C)CC. The third-order valence-electron chi connectivity index (χ3n) is 1.89. The molecule has 1 unspecified atom stereocenters. The minimum Gasteiger partial charge on any atom is -0.484 e. The molecule has 2 heteroatoms. The molecule has 0 aromatic heterocycles. The van der Waals surface area contributed by atoms with Crippen LogP contribution < -0.4 is 0 Å². The molecule has 0 heterocycles. The molecular weight excluding hydrogens is 168 g/mol. The fourth-order valence-corrected chi connectivity index (χ4v) is 1.19. The van der Waals surface area contributed by atoms with Crippen molar-refractivity contribution in [3.8, 4) is 0 Å². The van der Waals surface area contributed by atoms with E-state index in [-0.39, 0.29) is 0 Å². The fourth-order valence-electron chi connectivity index (χ4n) is 0.886. The highest BCUT2D eigenvalue weighted by Gasteiger charge is 2.02. The molecule has 0 radical (unpaired) electrons. The van der Waals surface area contributed by atoms with Gasteiger partial charge in [-0.05, 0) is 32.0 Å². The van der Waals surface area contributed by atoms with Gasteiger partial charge in [0.1, 0.15) is 0 Å². The lowest BCUT2D eigenvalue weighted by Crippen LogP contribution is -2.11. The molecule has 0 bridgehead atoms. The van der Waals surface area contributed by atoms with Crippen molar-refractivity contribution >= 4 is 17.3 Å². The summed E-state index contributed by atoms with van der Waals surface area (Å²) in [6, 6.07) is 0. The van der Waals surface area contributed by atoms with Crippen LogP contribution in [0.5, 0.6) is 0 Å². The van der Waals surface area contributed by atoms with Crippen molar-refractivity contribution in [3.63, 3.8) is 0 Å². The number of hydrogen-bond donors (Lipinski definition) is 0. The highest BCUT2D eigenvalue weighted by Crippen LogP contribution is 2.05. The molecular formula is C10H20OS. The van der Waals surface area contributed by atoms with E-state index in [1.165, 1.54) is 19.3 Å². The van der Waals surface area contributed by atoms with Crippen LogP contribution in [-0.2, 0) is 4.74 Å². The topological polar surface area (TPSA) is 9.23 Å². The minimum atomic E-state index is 0.291. The zero-order valence-corrected chi connectivity index (χ0v) is 9.25. The standard InChI is InChI=1S/C10H20OS/c1-4-6-7-8-10(12)11-9(3)5-2/h9H,4-8H2,1-3H3. The highest BCUT2D eigenvalue weighted by molar-refractivity contribution is 7.80. The lowest BCUT2D eigenvalue weighted by atomic mass is 10.2. The molecule has 1 atom stereocenters. The first-order chi connectivity index (χ1) is 5.70. The molecule has 0 N–H and O–H groups in total. The first-order valence-electron chi connectivity index (χ1n) is 4.90. The van der Waals surface area contributed by atoms with Gasteiger partial charge in [-0.1, -0.05) is 26.7 Å². The van der Waals surface area contributed by atoms with Gasteiger partial charge in [0, 0.05) is 6.42 Å². The Bertz CT molecular complexity index is 123. The van der Waals surface area contributed by atoms with Gasteiger partial charge in [-0.15, -0.1) is 0 Å². The summed E-state index contributed by atoms with van der Waals surface area (Å²) in [6.45, 7) is 6.37. The zero-order chi connectivity index (χ0) is 9.40. The maximum absolute atomic E-state index is 5.48. The van der Waals surface area contributed by atoms with Gasteiger partial charge in [-0.3, -0.25) is 0 Å². The molecule has 0 saturated heterocycles. The van der Waals surface area contributed by atoms with Crippen molar-refractivity contribution < 1.29 is 4.74 Å². The van der Waals surface area contributed by atoms with Crippen molar-refractivity contribution in [3.05, 3.63) is 0 Å². The molecule has 0 rings (SSSR count). The fraction of sp³-hybridized carbons (Fsp3) is 0.900. The Morgan fingerprint density at radius 2 is 2.00 bits per heavy atom. The van der Waals surface area contributed by atoms with E-state index in [0.29, 0.717) is 6.10 Å². The average Bonchev–Trinajstić information content (AvgIpc) is 2.05. The number of ether oxygens (including phenoxy) is 1. The molecule has 0 saturated carbocycles. The van der Waals surface area contributed by atoms with Gasteiger partial charge in [0.2, 0.25) is 0 Å².